The summed E-state index contributed by atoms with van der Waals surface area (Å²) in [7, 11) is 1.98. The Kier molecular flexibility index (Phi) is 3.59. The van der Waals surface area contributed by atoms with Crippen molar-refractivity contribution in [2.24, 2.45) is 7.05 Å². The van der Waals surface area contributed by atoms with Gasteiger partial charge in [0.25, 0.3) is 0 Å². The molecule has 0 fully saturated rings. The fraction of sp³-hybridized carbons (Fsp3) is 0.0952. The van der Waals surface area contributed by atoms with Crippen LogP contribution in [-0.4, -0.2) is 39.7 Å². The van der Waals surface area contributed by atoms with E-state index in [2.05, 4.69) is 36.2 Å². The van der Waals surface area contributed by atoms with Crippen molar-refractivity contribution in [2.45, 2.75) is 6.92 Å². The van der Waals surface area contributed by atoms with Crippen molar-refractivity contribution in [3.8, 4) is 33.5 Å². The molecule has 30 heavy (non-hydrogen) atoms. The zero-order chi connectivity index (χ0) is 20.2. The summed E-state index contributed by atoms with van der Waals surface area (Å²) in [6.07, 6.45) is 5.43. The molecule has 0 radical (unpaired) electrons. The minimum Gasteiger partial charge on any atom is -0.336 e. The second-order valence-corrected chi connectivity index (χ2v) is 8.00. The molecule has 6 aromatic rings. The van der Waals surface area contributed by atoms with Crippen LogP contribution in [0.5, 0.6) is 0 Å². The van der Waals surface area contributed by atoms with Gasteiger partial charge in [0.2, 0.25) is 0 Å². The first-order valence-corrected chi connectivity index (χ1v) is 10.3. The Morgan fingerprint density at radius 1 is 1.03 bits per heavy atom. The van der Waals surface area contributed by atoms with E-state index in [0.29, 0.717) is 5.82 Å². The maximum atomic E-state index is 4.85. The quantitative estimate of drug-likeness (QED) is 0.450. The lowest BCUT2D eigenvalue weighted by molar-refractivity contribution is 0.862. The Morgan fingerprint density at radius 2 is 1.97 bits per heavy atom. The van der Waals surface area contributed by atoms with E-state index in [0.717, 1.165) is 55.4 Å². The van der Waals surface area contributed by atoms with Crippen LogP contribution in [-0.2, 0) is 7.05 Å². The van der Waals surface area contributed by atoms with Crippen LogP contribution < -0.4 is 0 Å². The molecule has 8 nitrogen and oxygen atoms in total. The number of imidazole rings is 2. The highest BCUT2D eigenvalue weighted by Gasteiger charge is 2.17. The summed E-state index contributed by atoms with van der Waals surface area (Å²) in [6.45, 7) is 1.97. The van der Waals surface area contributed by atoms with Crippen LogP contribution in [0, 0.1) is 6.92 Å². The van der Waals surface area contributed by atoms with Crippen LogP contribution in [0.1, 0.15) is 5.82 Å². The van der Waals surface area contributed by atoms with Crippen molar-refractivity contribution in [3.05, 3.63) is 54.1 Å². The number of hydrogen-bond donors (Lipinski definition) is 2. The van der Waals surface area contributed by atoms with Crippen LogP contribution in [0.4, 0.5) is 0 Å². The number of rotatable bonds is 3. The van der Waals surface area contributed by atoms with Gasteiger partial charge in [-0.1, -0.05) is 6.07 Å². The number of nitrogens with one attached hydrogen (secondary N) is 2. The summed E-state index contributed by atoms with van der Waals surface area (Å²) < 4.78 is 2.02. The van der Waals surface area contributed by atoms with E-state index >= 15 is 0 Å². The van der Waals surface area contributed by atoms with Crippen molar-refractivity contribution in [1.82, 2.24) is 39.7 Å². The summed E-state index contributed by atoms with van der Waals surface area (Å²) in [5.74, 6) is 1.63. The molecule has 6 aromatic heterocycles. The molecule has 6 heterocycles. The van der Waals surface area contributed by atoms with Gasteiger partial charge in [0.1, 0.15) is 22.7 Å². The molecule has 6 rings (SSSR count). The second kappa shape index (κ2) is 6.33. The highest BCUT2D eigenvalue weighted by molar-refractivity contribution is 7.13. The van der Waals surface area contributed by atoms with Crippen molar-refractivity contribution in [3.63, 3.8) is 0 Å². The summed E-state index contributed by atoms with van der Waals surface area (Å²) >= 11 is 1.65. The fourth-order valence-electron chi connectivity index (χ4n) is 3.62. The average molecular weight is 412 g/mol. The Bertz CT molecular complexity index is 1520. The Balaban J connectivity index is 1.53. The van der Waals surface area contributed by atoms with E-state index in [1.807, 2.05) is 48.3 Å². The Hall–Kier alpha value is -3.85. The zero-order valence-corrected chi connectivity index (χ0v) is 17.0. The molecule has 0 spiro atoms. The number of nitrogens with zero attached hydrogens (tertiary/aromatic N) is 6. The molecule has 0 aliphatic carbocycles. The van der Waals surface area contributed by atoms with Gasteiger partial charge >= 0.3 is 0 Å². The number of pyridine rings is 2. The lowest BCUT2D eigenvalue weighted by atomic mass is 10.2. The number of fused-ring (bicyclic) bond motifs is 2. The van der Waals surface area contributed by atoms with Gasteiger partial charge in [0, 0.05) is 18.6 Å². The van der Waals surface area contributed by atoms with Crippen molar-refractivity contribution < 1.29 is 0 Å². The second-order valence-electron chi connectivity index (χ2n) is 7.06. The molecule has 0 atom stereocenters. The summed E-state index contributed by atoms with van der Waals surface area (Å²) in [6, 6.07) is 8.03. The van der Waals surface area contributed by atoms with Crippen molar-refractivity contribution >= 4 is 33.3 Å². The minimum absolute atomic E-state index is 0.695. The maximum absolute atomic E-state index is 4.85. The molecular formula is C21H16N8S. The molecule has 0 bridgehead atoms. The summed E-state index contributed by atoms with van der Waals surface area (Å²) in [5.41, 5.74) is 6.03. The van der Waals surface area contributed by atoms with Gasteiger partial charge in [-0.2, -0.15) is 5.10 Å². The Labute approximate surface area is 174 Å². The van der Waals surface area contributed by atoms with Gasteiger partial charge < -0.3 is 9.55 Å². The van der Waals surface area contributed by atoms with Crippen LogP contribution in [0.25, 0.3) is 55.4 Å². The number of H-pyrrole nitrogens is 2. The van der Waals surface area contributed by atoms with Gasteiger partial charge in [0.05, 0.1) is 39.7 Å². The molecule has 2 N–H and O–H groups in total. The first-order valence-electron chi connectivity index (χ1n) is 9.41. The SMILES string of the molecule is Cc1ncc(-c2cc3c(-c4nc5c(-c6cccs6)nccc5[nH]4)n[nH]c3cn2)n1C. The third-order valence-corrected chi connectivity index (χ3v) is 6.19. The molecule has 0 unspecified atom stereocenters. The van der Waals surface area contributed by atoms with E-state index < -0.39 is 0 Å². The molecule has 0 saturated carbocycles. The van der Waals surface area contributed by atoms with Gasteiger partial charge in [-0.15, -0.1) is 11.3 Å². The monoisotopic (exact) mass is 412 g/mol. The maximum Gasteiger partial charge on any atom is 0.159 e. The first-order chi connectivity index (χ1) is 14.7. The predicted molar refractivity (Wildman–Crippen MR) is 117 cm³/mol. The van der Waals surface area contributed by atoms with Crippen LogP contribution in [0.15, 0.2) is 48.2 Å². The summed E-state index contributed by atoms with van der Waals surface area (Å²) in [4.78, 5) is 22.8. The number of hydrogen-bond acceptors (Lipinski definition) is 6. The molecule has 0 saturated heterocycles. The van der Waals surface area contributed by atoms with Crippen molar-refractivity contribution in [2.75, 3.05) is 0 Å². The summed E-state index contributed by atoms with van der Waals surface area (Å²) in [5, 5.41) is 10.6. The highest BCUT2D eigenvalue weighted by Crippen LogP contribution is 2.32. The zero-order valence-electron chi connectivity index (χ0n) is 16.2. The van der Waals surface area contributed by atoms with Gasteiger partial charge in [-0.05, 0) is 30.5 Å². The third-order valence-electron chi connectivity index (χ3n) is 5.31. The van der Waals surface area contributed by atoms with E-state index in [-0.39, 0.29) is 0 Å². The van der Waals surface area contributed by atoms with E-state index in [1.54, 1.807) is 23.7 Å². The van der Waals surface area contributed by atoms with Crippen LogP contribution in [0.3, 0.4) is 0 Å². The highest BCUT2D eigenvalue weighted by atomic mass is 32.1. The Morgan fingerprint density at radius 3 is 2.77 bits per heavy atom. The molecule has 0 aromatic carbocycles. The first kappa shape index (κ1) is 17.0. The molecule has 146 valence electrons. The minimum atomic E-state index is 0.695. The topological polar surface area (TPSA) is 101 Å². The van der Waals surface area contributed by atoms with E-state index in [4.69, 9.17) is 4.98 Å². The molecule has 9 heteroatoms. The normalized spacial score (nSPS) is 11.7. The van der Waals surface area contributed by atoms with Crippen LogP contribution >= 0.6 is 11.3 Å². The third kappa shape index (κ3) is 2.49. The lowest BCUT2D eigenvalue weighted by Gasteiger charge is -2.03. The average Bonchev–Trinajstić information content (AvgIpc) is 3.54. The van der Waals surface area contributed by atoms with Gasteiger partial charge in [-0.25, -0.2) is 9.97 Å². The fourth-order valence-corrected chi connectivity index (χ4v) is 4.34. The largest absolute Gasteiger partial charge is 0.336 e. The standard InChI is InChI=1S/C21H16N8S/c1-11-23-10-16(29(11)2)14-8-12-15(9-24-14)27-28-18(12)21-25-13-5-6-22-20(19(13)26-21)17-4-3-7-30-17/h3-10H,1-2H3,(H,25,26)(H,27,28). The van der Waals surface area contributed by atoms with E-state index in [1.165, 1.54) is 0 Å². The number of aryl methyl sites for hydroxylation is 1. The predicted octanol–water partition coefficient (Wildman–Crippen LogP) is 4.33. The number of aromatic nitrogens is 8. The smallest absolute Gasteiger partial charge is 0.159 e. The molecule has 0 amide bonds. The number of thiophene rings is 1. The molecule has 0 aliphatic rings. The van der Waals surface area contributed by atoms with Crippen LogP contribution in [0.2, 0.25) is 0 Å². The van der Waals surface area contributed by atoms with Crippen molar-refractivity contribution in [1.29, 1.82) is 0 Å². The molecule has 0 aliphatic heterocycles. The van der Waals surface area contributed by atoms with Gasteiger partial charge in [-0.3, -0.25) is 15.1 Å². The molecular weight excluding hydrogens is 396 g/mol. The lowest BCUT2D eigenvalue weighted by Crippen LogP contribution is -1.95. The number of aromatic amines is 2. The van der Waals surface area contributed by atoms with Gasteiger partial charge in [0.15, 0.2) is 5.82 Å². The van der Waals surface area contributed by atoms with E-state index in [9.17, 15) is 0 Å².